The Morgan fingerprint density at radius 3 is 2.44 bits per heavy atom. The van der Waals surface area contributed by atoms with Crippen LogP contribution in [-0.4, -0.2) is 17.3 Å². The number of allylic oxidation sites excluding steroid dienone is 5. The maximum atomic E-state index is 12.2. The Balaban J connectivity index is 1.47. The van der Waals surface area contributed by atoms with Crippen LogP contribution in [0.4, 0.5) is 0 Å². The van der Waals surface area contributed by atoms with Crippen molar-refractivity contribution in [2.75, 3.05) is 0 Å². The lowest BCUT2D eigenvalue weighted by atomic mass is 9.50. The molecule has 0 unspecified atom stereocenters. The first kappa shape index (κ1) is 27.7. The van der Waals surface area contributed by atoms with Gasteiger partial charge in [0.25, 0.3) is 0 Å². The Labute approximate surface area is 224 Å². The van der Waals surface area contributed by atoms with Gasteiger partial charge in [0.05, 0.1) is 6.42 Å². The first-order chi connectivity index (χ1) is 17.0. The summed E-state index contributed by atoms with van der Waals surface area (Å²) in [5.41, 5.74) is 3.73. The summed E-state index contributed by atoms with van der Waals surface area (Å²) < 4.78 is 5.73. The van der Waals surface area contributed by atoms with Crippen LogP contribution in [0.3, 0.4) is 0 Å². The number of hydrogen-bond donors (Lipinski definition) is 0. The normalized spacial score (nSPS) is 37.4. The van der Waals surface area contributed by atoms with Gasteiger partial charge in [-0.25, -0.2) is 0 Å². The Kier molecular flexibility index (Phi) is 8.30. The van der Waals surface area contributed by atoms with E-state index in [2.05, 4.69) is 65.8 Å². The van der Waals surface area contributed by atoms with E-state index in [1.54, 1.807) is 5.57 Å². The van der Waals surface area contributed by atoms with Gasteiger partial charge < -0.3 is 4.74 Å². The third kappa shape index (κ3) is 5.29. The molecule has 0 spiro atoms. The van der Waals surface area contributed by atoms with Gasteiger partial charge in [-0.05, 0) is 96.5 Å². The molecule has 0 aliphatic heterocycles. The van der Waals surface area contributed by atoms with Gasteiger partial charge in [-0.2, -0.15) is 0 Å². The van der Waals surface area contributed by atoms with Gasteiger partial charge in [0.1, 0.15) is 6.10 Å². The smallest absolute Gasteiger partial charge is 0.306 e. The van der Waals surface area contributed by atoms with E-state index >= 15 is 0 Å². The standard InChI is InChI=1S/C32H47ClO3/c1-20(2)21(3)7-8-22(4)26-11-12-27-25-10-9-23-19-24(36-30(35)14-13-29(33)34)15-17-31(23,5)28(25)16-18-32(26,27)6/h7-10,20-22,24,26-28H,11-19H2,1-6H3/b8-7+/t21-,22+,24-,26+,27-,28-,31-,32+/m0/s1. The number of carbonyl (C=O) groups excluding carboxylic acids is 2. The van der Waals surface area contributed by atoms with Crippen LogP contribution >= 0.6 is 11.6 Å². The number of hydrogen-bond acceptors (Lipinski definition) is 3. The second-order valence-corrected chi connectivity index (χ2v) is 13.6. The van der Waals surface area contributed by atoms with Gasteiger partial charge in [0.2, 0.25) is 5.24 Å². The van der Waals surface area contributed by atoms with E-state index in [9.17, 15) is 9.59 Å². The maximum Gasteiger partial charge on any atom is 0.306 e. The summed E-state index contributed by atoms with van der Waals surface area (Å²) in [7, 11) is 0. The average Bonchev–Trinajstić information content (AvgIpc) is 3.18. The molecule has 0 saturated heterocycles. The fraction of sp³-hybridized carbons (Fsp3) is 0.750. The van der Waals surface area contributed by atoms with Gasteiger partial charge >= 0.3 is 5.97 Å². The Bertz CT molecular complexity index is 945. The predicted molar refractivity (Wildman–Crippen MR) is 147 cm³/mol. The average molecular weight is 515 g/mol. The molecule has 4 aliphatic rings. The van der Waals surface area contributed by atoms with Crippen molar-refractivity contribution in [1.82, 2.24) is 0 Å². The second kappa shape index (κ2) is 10.8. The molecule has 3 fully saturated rings. The minimum absolute atomic E-state index is 0.0496. The number of fused-ring (bicyclic) bond motifs is 5. The largest absolute Gasteiger partial charge is 0.462 e. The van der Waals surface area contributed by atoms with E-state index in [1.807, 2.05) is 0 Å². The summed E-state index contributed by atoms with van der Waals surface area (Å²) in [4.78, 5) is 23.2. The molecule has 200 valence electrons. The number of carbonyl (C=O) groups is 2. The number of ether oxygens (including phenoxy) is 1. The number of halogens is 1. The zero-order valence-electron chi connectivity index (χ0n) is 23.3. The molecule has 8 atom stereocenters. The molecule has 3 saturated carbocycles. The van der Waals surface area contributed by atoms with Gasteiger partial charge in [-0.1, -0.05) is 77.0 Å². The lowest BCUT2D eigenvalue weighted by Crippen LogP contribution is -2.46. The summed E-state index contributed by atoms with van der Waals surface area (Å²) in [5, 5.41) is -0.482. The molecule has 3 nitrogen and oxygen atoms in total. The van der Waals surface area contributed by atoms with E-state index < -0.39 is 5.24 Å². The fourth-order valence-electron chi connectivity index (χ4n) is 8.13. The molecule has 36 heavy (non-hydrogen) atoms. The topological polar surface area (TPSA) is 43.4 Å². The van der Waals surface area contributed by atoms with Crippen LogP contribution < -0.4 is 0 Å². The Hall–Kier alpha value is -1.35. The highest BCUT2D eigenvalue weighted by molar-refractivity contribution is 6.63. The van der Waals surface area contributed by atoms with Crippen molar-refractivity contribution in [3.63, 3.8) is 0 Å². The van der Waals surface area contributed by atoms with Crippen molar-refractivity contribution in [1.29, 1.82) is 0 Å². The first-order valence-corrected chi connectivity index (χ1v) is 14.8. The summed E-state index contributed by atoms with van der Waals surface area (Å²) >= 11 is 5.39. The summed E-state index contributed by atoms with van der Waals surface area (Å²) in [6.07, 6.45) is 17.9. The van der Waals surface area contributed by atoms with Gasteiger partial charge in [0.15, 0.2) is 0 Å². The zero-order valence-corrected chi connectivity index (χ0v) is 24.1. The molecule has 0 aromatic rings. The first-order valence-electron chi connectivity index (χ1n) is 14.4. The molecule has 0 amide bonds. The lowest BCUT2D eigenvalue weighted by Gasteiger charge is -2.55. The maximum absolute atomic E-state index is 12.2. The summed E-state index contributed by atoms with van der Waals surface area (Å²) in [5.74, 6) is 3.72. The lowest BCUT2D eigenvalue weighted by molar-refractivity contribution is -0.151. The highest BCUT2D eigenvalue weighted by Gasteiger charge is 2.57. The quantitative estimate of drug-likeness (QED) is 0.185. The molecule has 4 rings (SSSR count). The van der Waals surface area contributed by atoms with Crippen LogP contribution in [0.25, 0.3) is 0 Å². The van der Waals surface area contributed by atoms with Crippen molar-refractivity contribution < 1.29 is 14.3 Å². The summed E-state index contributed by atoms with van der Waals surface area (Å²) in [6, 6.07) is 0. The predicted octanol–water partition coefficient (Wildman–Crippen LogP) is 8.43. The third-order valence-electron chi connectivity index (χ3n) is 10.8. The number of esters is 1. The highest BCUT2D eigenvalue weighted by atomic mass is 35.5. The molecule has 0 radical (unpaired) electrons. The molecule has 0 heterocycles. The molecule has 0 aromatic carbocycles. The van der Waals surface area contributed by atoms with Crippen molar-refractivity contribution >= 4 is 22.8 Å². The molecular weight excluding hydrogens is 468 g/mol. The van der Waals surface area contributed by atoms with Gasteiger partial charge in [0, 0.05) is 12.8 Å². The SMILES string of the molecule is CC(C)[C@@H](C)/C=C/[C@@H](C)[C@H]1CC[C@H]2C3=CC=C4C[C@@H](OC(=O)CCC(=O)Cl)CC[C@]4(C)[C@H]3CC[C@]12C. The monoisotopic (exact) mass is 514 g/mol. The molecule has 0 aromatic heterocycles. The molecule has 0 bridgehead atoms. The van der Waals surface area contributed by atoms with E-state index in [1.165, 1.54) is 31.3 Å². The van der Waals surface area contributed by atoms with Crippen LogP contribution in [0, 0.1) is 46.3 Å². The number of rotatable bonds is 8. The molecular formula is C32H47ClO3. The third-order valence-corrected chi connectivity index (χ3v) is 11.0. The molecule has 0 N–H and O–H groups in total. The van der Waals surface area contributed by atoms with Crippen molar-refractivity contribution in [3.8, 4) is 0 Å². The molecule has 4 heteroatoms. The van der Waals surface area contributed by atoms with Crippen LogP contribution in [0.2, 0.25) is 0 Å². The Morgan fingerprint density at radius 1 is 1.00 bits per heavy atom. The van der Waals surface area contributed by atoms with E-state index in [-0.39, 0.29) is 30.3 Å². The van der Waals surface area contributed by atoms with Crippen LogP contribution in [0.1, 0.15) is 99.3 Å². The van der Waals surface area contributed by atoms with E-state index in [0.717, 1.165) is 25.2 Å². The second-order valence-electron chi connectivity index (χ2n) is 13.2. The van der Waals surface area contributed by atoms with Crippen LogP contribution in [0.15, 0.2) is 35.5 Å². The minimum Gasteiger partial charge on any atom is -0.462 e. The minimum atomic E-state index is -0.482. The van der Waals surface area contributed by atoms with Crippen molar-refractivity contribution in [2.24, 2.45) is 46.3 Å². The fourth-order valence-corrected chi connectivity index (χ4v) is 8.22. The van der Waals surface area contributed by atoms with Crippen LogP contribution in [-0.2, 0) is 14.3 Å². The Morgan fingerprint density at radius 2 is 1.75 bits per heavy atom. The van der Waals surface area contributed by atoms with Crippen LogP contribution in [0.5, 0.6) is 0 Å². The van der Waals surface area contributed by atoms with Gasteiger partial charge in [-0.3, -0.25) is 9.59 Å². The van der Waals surface area contributed by atoms with Gasteiger partial charge in [-0.15, -0.1) is 0 Å². The summed E-state index contributed by atoms with van der Waals surface area (Å²) in [6.45, 7) is 14.5. The molecule has 4 aliphatic carbocycles. The van der Waals surface area contributed by atoms with E-state index in [0.29, 0.717) is 35.0 Å². The zero-order chi connectivity index (χ0) is 26.3. The van der Waals surface area contributed by atoms with E-state index in [4.69, 9.17) is 16.3 Å². The van der Waals surface area contributed by atoms with Crippen molar-refractivity contribution in [3.05, 3.63) is 35.5 Å². The van der Waals surface area contributed by atoms with Crippen molar-refractivity contribution in [2.45, 2.75) is 105 Å². The highest BCUT2D eigenvalue weighted by Crippen LogP contribution is 2.66.